The molecule has 4 rings (SSSR count). The molecule has 2 aromatic heterocycles. The van der Waals surface area contributed by atoms with Gasteiger partial charge in [0.05, 0.1) is 26.2 Å². The molecule has 0 unspecified atom stereocenters. The molecule has 0 bridgehead atoms. The number of quaternary nitrogens is 1. The van der Waals surface area contributed by atoms with E-state index in [2.05, 4.69) is 77.4 Å². The molecule has 4 N–H and O–H groups in total. The second kappa shape index (κ2) is 11.1. The standard InChI is InChI=1S/C12H11ClN6O2S2.C10H16N/c13-9-5-10(15-6-7-2-1-3-22-7)8(12-16-18-19-17-12)4-11(9)23(14,20)21;1-11(2,3)9-10-7-5-4-6-8-10/h1-5,15H,6H2,(H2,14,20,21)(H,16,17,18,19);4-8H,9H2,1-3H3/q;+1. The molecule has 0 aliphatic rings. The van der Waals surface area contributed by atoms with E-state index in [1.807, 2.05) is 17.5 Å². The zero-order valence-corrected chi connectivity index (χ0v) is 21.5. The van der Waals surface area contributed by atoms with Crippen molar-refractivity contribution in [2.75, 3.05) is 26.5 Å². The van der Waals surface area contributed by atoms with Gasteiger partial charge >= 0.3 is 0 Å². The van der Waals surface area contributed by atoms with Crippen molar-refractivity contribution in [3.05, 3.63) is 75.4 Å². The number of rotatable bonds is 7. The van der Waals surface area contributed by atoms with E-state index in [-0.39, 0.29) is 15.7 Å². The molecule has 0 aliphatic carbocycles. The molecular weight excluding hydrogens is 494 g/mol. The van der Waals surface area contributed by atoms with Crippen LogP contribution in [-0.2, 0) is 23.1 Å². The number of nitrogens with one attached hydrogen (secondary N) is 2. The van der Waals surface area contributed by atoms with Crippen LogP contribution in [0.5, 0.6) is 0 Å². The Bertz CT molecular complexity index is 1290. The van der Waals surface area contributed by atoms with Gasteiger partial charge in [-0.1, -0.05) is 48.0 Å². The lowest BCUT2D eigenvalue weighted by Gasteiger charge is -2.23. The summed E-state index contributed by atoms with van der Waals surface area (Å²) in [5.74, 6) is 0.236. The fraction of sp³-hybridized carbons (Fsp3) is 0.227. The Morgan fingerprint density at radius 3 is 2.41 bits per heavy atom. The highest BCUT2D eigenvalue weighted by molar-refractivity contribution is 7.89. The zero-order chi connectivity index (χ0) is 24.8. The van der Waals surface area contributed by atoms with Crippen molar-refractivity contribution < 1.29 is 12.9 Å². The highest BCUT2D eigenvalue weighted by Gasteiger charge is 2.19. The Hall–Kier alpha value is -2.83. The van der Waals surface area contributed by atoms with E-state index >= 15 is 0 Å². The van der Waals surface area contributed by atoms with Gasteiger partial charge in [-0.05, 0) is 28.8 Å². The molecule has 0 fully saturated rings. The Morgan fingerprint density at radius 2 is 1.85 bits per heavy atom. The first kappa shape index (κ1) is 25.8. The fourth-order valence-electron chi connectivity index (χ4n) is 3.11. The van der Waals surface area contributed by atoms with Crippen molar-refractivity contribution in [1.82, 2.24) is 20.6 Å². The molecule has 0 amide bonds. The first-order valence-electron chi connectivity index (χ1n) is 10.2. The Balaban J connectivity index is 0.000000248. The van der Waals surface area contributed by atoms with Gasteiger partial charge in [0, 0.05) is 28.2 Å². The largest absolute Gasteiger partial charge is 0.380 e. The van der Waals surface area contributed by atoms with Crippen molar-refractivity contribution >= 4 is 38.6 Å². The summed E-state index contributed by atoms with van der Waals surface area (Å²) in [4.78, 5) is 0.913. The molecular formula is C22H27ClN7O2S2+. The second-order valence-electron chi connectivity index (χ2n) is 8.48. The van der Waals surface area contributed by atoms with E-state index in [1.165, 1.54) is 17.7 Å². The van der Waals surface area contributed by atoms with Crippen LogP contribution in [0.2, 0.25) is 5.02 Å². The Morgan fingerprint density at radius 1 is 1.12 bits per heavy atom. The zero-order valence-electron chi connectivity index (χ0n) is 19.1. The number of halogens is 1. The quantitative estimate of drug-likeness (QED) is 0.319. The van der Waals surface area contributed by atoms with Crippen molar-refractivity contribution in [2.24, 2.45) is 5.14 Å². The summed E-state index contributed by atoms with van der Waals surface area (Å²) < 4.78 is 24.3. The molecule has 0 atom stereocenters. The van der Waals surface area contributed by atoms with Gasteiger partial charge < -0.3 is 9.80 Å². The van der Waals surface area contributed by atoms with Gasteiger partial charge in [0.1, 0.15) is 11.4 Å². The highest BCUT2D eigenvalue weighted by atomic mass is 35.5. The summed E-state index contributed by atoms with van der Waals surface area (Å²) in [5, 5.41) is 23.9. The summed E-state index contributed by atoms with van der Waals surface area (Å²) in [7, 11) is 2.64. The van der Waals surface area contributed by atoms with E-state index in [0.717, 1.165) is 15.9 Å². The SMILES string of the molecule is C[N+](C)(C)Cc1ccccc1.NS(=O)(=O)c1cc(-c2nn[nH]n2)c(NCc2cccs2)cc1Cl. The normalized spacial score (nSPS) is 11.6. The predicted octanol–water partition coefficient (Wildman–Crippen LogP) is 3.73. The minimum Gasteiger partial charge on any atom is -0.380 e. The molecule has 12 heteroatoms. The number of aromatic amines is 1. The third-order valence-electron chi connectivity index (χ3n) is 4.50. The first-order valence-corrected chi connectivity index (χ1v) is 13.0. The van der Waals surface area contributed by atoms with Crippen LogP contribution in [0.15, 0.2) is 64.9 Å². The van der Waals surface area contributed by atoms with E-state index in [9.17, 15) is 8.42 Å². The topological polar surface area (TPSA) is 127 Å². The first-order chi connectivity index (χ1) is 16.0. The van der Waals surface area contributed by atoms with Crippen molar-refractivity contribution in [2.45, 2.75) is 18.0 Å². The highest BCUT2D eigenvalue weighted by Crippen LogP contribution is 2.33. The molecule has 180 valence electrons. The van der Waals surface area contributed by atoms with Gasteiger partial charge in [0.15, 0.2) is 0 Å². The molecule has 2 aromatic carbocycles. The number of aromatic nitrogens is 4. The van der Waals surface area contributed by atoms with Crippen LogP contribution in [-0.4, -0.2) is 54.7 Å². The maximum absolute atomic E-state index is 11.6. The van der Waals surface area contributed by atoms with Crippen LogP contribution in [0.4, 0.5) is 5.69 Å². The van der Waals surface area contributed by atoms with Gasteiger partial charge in [-0.25, -0.2) is 13.6 Å². The summed E-state index contributed by atoms with van der Waals surface area (Å²) in [6.45, 7) is 1.65. The average molecular weight is 521 g/mol. The summed E-state index contributed by atoms with van der Waals surface area (Å²) in [5.41, 5.74) is 2.42. The average Bonchev–Trinajstić information content (AvgIpc) is 3.46. The number of nitrogens with zero attached hydrogens (tertiary/aromatic N) is 4. The number of primary sulfonamides is 1. The predicted molar refractivity (Wildman–Crippen MR) is 136 cm³/mol. The van der Waals surface area contributed by atoms with Crippen LogP contribution in [0.3, 0.4) is 0 Å². The van der Waals surface area contributed by atoms with Crippen LogP contribution < -0.4 is 10.5 Å². The number of tetrazole rings is 1. The lowest BCUT2D eigenvalue weighted by atomic mass is 10.1. The van der Waals surface area contributed by atoms with E-state index in [0.29, 0.717) is 17.8 Å². The lowest BCUT2D eigenvalue weighted by molar-refractivity contribution is -0.884. The van der Waals surface area contributed by atoms with Gasteiger partial charge in [-0.3, -0.25) is 0 Å². The maximum Gasteiger partial charge on any atom is 0.239 e. The summed E-state index contributed by atoms with van der Waals surface area (Å²) >= 11 is 7.64. The van der Waals surface area contributed by atoms with Gasteiger partial charge in [-0.15, -0.1) is 21.5 Å². The third kappa shape index (κ3) is 7.61. The van der Waals surface area contributed by atoms with Crippen LogP contribution in [0.25, 0.3) is 11.4 Å². The summed E-state index contributed by atoms with van der Waals surface area (Å²) in [6.07, 6.45) is 0. The van der Waals surface area contributed by atoms with Crippen molar-refractivity contribution in [1.29, 1.82) is 0 Å². The number of benzene rings is 2. The minimum atomic E-state index is -3.97. The van der Waals surface area contributed by atoms with E-state index < -0.39 is 10.0 Å². The molecule has 0 spiro atoms. The van der Waals surface area contributed by atoms with E-state index in [1.54, 1.807) is 11.3 Å². The minimum absolute atomic E-state index is 0.0217. The van der Waals surface area contributed by atoms with Crippen LogP contribution >= 0.6 is 22.9 Å². The molecule has 0 radical (unpaired) electrons. The molecule has 0 saturated heterocycles. The Labute approximate surface area is 208 Å². The second-order valence-corrected chi connectivity index (χ2v) is 11.4. The lowest BCUT2D eigenvalue weighted by Crippen LogP contribution is -2.33. The third-order valence-corrected chi connectivity index (χ3v) is 6.75. The smallest absolute Gasteiger partial charge is 0.239 e. The van der Waals surface area contributed by atoms with Crippen LogP contribution in [0.1, 0.15) is 10.4 Å². The number of thiophene rings is 1. The molecule has 2 heterocycles. The van der Waals surface area contributed by atoms with Crippen LogP contribution in [0, 0.1) is 0 Å². The number of nitrogens with two attached hydrogens (primary N) is 1. The molecule has 4 aromatic rings. The van der Waals surface area contributed by atoms with Gasteiger partial charge in [0.25, 0.3) is 0 Å². The number of sulfonamides is 1. The van der Waals surface area contributed by atoms with Crippen molar-refractivity contribution in [3.63, 3.8) is 0 Å². The molecule has 34 heavy (non-hydrogen) atoms. The van der Waals surface area contributed by atoms with Crippen molar-refractivity contribution in [3.8, 4) is 11.4 Å². The number of hydrogen-bond donors (Lipinski definition) is 3. The Kier molecular flexibility index (Phi) is 8.39. The van der Waals surface area contributed by atoms with Gasteiger partial charge in [0.2, 0.25) is 15.8 Å². The fourth-order valence-corrected chi connectivity index (χ4v) is 4.85. The molecule has 9 nitrogen and oxygen atoms in total. The number of hydrogen-bond acceptors (Lipinski definition) is 7. The maximum atomic E-state index is 11.6. The molecule has 0 aliphatic heterocycles. The summed E-state index contributed by atoms with van der Waals surface area (Å²) in [6, 6.07) is 17.3. The molecule has 0 saturated carbocycles. The monoisotopic (exact) mass is 520 g/mol. The number of H-pyrrole nitrogens is 1. The number of anilines is 1. The van der Waals surface area contributed by atoms with E-state index in [4.69, 9.17) is 16.7 Å². The van der Waals surface area contributed by atoms with Gasteiger partial charge in [-0.2, -0.15) is 5.21 Å².